The van der Waals surface area contributed by atoms with E-state index in [0.717, 1.165) is 37.6 Å². The van der Waals surface area contributed by atoms with Gasteiger partial charge >= 0.3 is 0 Å². The summed E-state index contributed by atoms with van der Waals surface area (Å²) in [5.41, 5.74) is 2.87. The van der Waals surface area contributed by atoms with Crippen LogP contribution in [0.2, 0.25) is 0 Å². The van der Waals surface area contributed by atoms with Crippen molar-refractivity contribution in [1.82, 2.24) is 20.2 Å². The van der Waals surface area contributed by atoms with Gasteiger partial charge < -0.3 is 25.3 Å². The largest absolute Gasteiger partial charge is 0.493 e. The van der Waals surface area contributed by atoms with E-state index >= 15 is 0 Å². The van der Waals surface area contributed by atoms with Gasteiger partial charge in [0.15, 0.2) is 11.6 Å². The van der Waals surface area contributed by atoms with Crippen molar-refractivity contribution in [1.29, 1.82) is 5.41 Å². The molecule has 3 N–H and O–H groups in total. The fourth-order valence-electron chi connectivity index (χ4n) is 3.94. The van der Waals surface area contributed by atoms with Crippen LogP contribution in [0.5, 0.6) is 5.75 Å². The number of H-pyrrole nitrogens is 1. The van der Waals surface area contributed by atoms with E-state index in [9.17, 15) is 8.78 Å². The van der Waals surface area contributed by atoms with Crippen molar-refractivity contribution in [3.8, 4) is 16.9 Å². The standard InChI is InChI=1S/C23H25F2N5O/c1-30-5-3-17(4-6-30)27-12-15(10-26)14-7-19-20(13-29-23(19)28-11-14)18-8-16(24)9-21(25)22(18)31-2/h7-13,17,26-27H,3-6H2,1-2H3,(H,28,29)/b15-12+,26-10?. The van der Waals surface area contributed by atoms with Crippen LogP contribution in [0.4, 0.5) is 8.78 Å². The first-order valence-corrected chi connectivity index (χ1v) is 10.2. The van der Waals surface area contributed by atoms with Gasteiger partial charge in [-0.15, -0.1) is 0 Å². The Morgan fingerprint density at radius 3 is 2.74 bits per heavy atom. The Balaban J connectivity index is 1.70. The Bertz CT molecular complexity index is 1130. The lowest BCUT2D eigenvalue weighted by molar-refractivity contribution is 0.244. The highest BCUT2D eigenvalue weighted by Crippen LogP contribution is 2.37. The Hall–Kier alpha value is -3.26. The van der Waals surface area contributed by atoms with E-state index in [4.69, 9.17) is 10.1 Å². The van der Waals surface area contributed by atoms with E-state index in [1.54, 1.807) is 12.4 Å². The molecular formula is C23H25F2N5O. The zero-order chi connectivity index (χ0) is 22.0. The second kappa shape index (κ2) is 8.85. The quantitative estimate of drug-likeness (QED) is 0.518. The molecule has 162 valence electrons. The van der Waals surface area contributed by atoms with Crippen molar-refractivity contribution in [2.45, 2.75) is 18.9 Å². The van der Waals surface area contributed by atoms with Crippen LogP contribution in [0.25, 0.3) is 27.7 Å². The summed E-state index contributed by atoms with van der Waals surface area (Å²) in [6.07, 6.45) is 8.55. The number of hydrogen-bond acceptors (Lipinski definition) is 5. The number of nitrogens with zero attached hydrogens (tertiary/aromatic N) is 2. The molecular weight excluding hydrogens is 400 g/mol. The molecule has 31 heavy (non-hydrogen) atoms. The number of ether oxygens (including phenoxy) is 1. The fraction of sp³-hybridized carbons (Fsp3) is 0.304. The van der Waals surface area contributed by atoms with Gasteiger partial charge in [0.05, 0.1) is 7.11 Å². The van der Waals surface area contributed by atoms with Crippen LogP contribution in [-0.2, 0) is 0 Å². The van der Waals surface area contributed by atoms with Gasteiger partial charge in [-0.2, -0.15) is 0 Å². The third kappa shape index (κ3) is 4.29. The number of nitrogens with one attached hydrogen (secondary N) is 3. The summed E-state index contributed by atoms with van der Waals surface area (Å²) in [5.74, 6) is -1.48. The Morgan fingerprint density at radius 2 is 2.03 bits per heavy atom. The van der Waals surface area contributed by atoms with Crippen LogP contribution in [0, 0.1) is 17.0 Å². The van der Waals surface area contributed by atoms with E-state index in [1.807, 2.05) is 12.3 Å². The predicted molar refractivity (Wildman–Crippen MR) is 118 cm³/mol. The first-order chi connectivity index (χ1) is 15.0. The SMILES string of the molecule is COc1c(F)cc(F)cc1-c1c[nH]c2ncc(/C(C=N)=C/NC3CCN(C)CC3)cc12. The van der Waals surface area contributed by atoms with Crippen molar-refractivity contribution in [3.63, 3.8) is 0 Å². The lowest BCUT2D eigenvalue weighted by atomic mass is 10.0. The number of fused-ring (bicyclic) bond motifs is 1. The highest BCUT2D eigenvalue weighted by molar-refractivity contribution is 6.09. The molecule has 0 bridgehead atoms. The molecule has 1 aliphatic rings. The Labute approximate surface area is 179 Å². The van der Waals surface area contributed by atoms with E-state index in [-0.39, 0.29) is 5.75 Å². The van der Waals surface area contributed by atoms with Crippen LogP contribution >= 0.6 is 0 Å². The minimum absolute atomic E-state index is 0.0283. The first-order valence-electron chi connectivity index (χ1n) is 10.2. The normalized spacial score (nSPS) is 15.9. The maximum atomic E-state index is 14.2. The molecule has 1 fully saturated rings. The smallest absolute Gasteiger partial charge is 0.168 e. The summed E-state index contributed by atoms with van der Waals surface area (Å²) >= 11 is 0. The topological polar surface area (TPSA) is 77.0 Å². The van der Waals surface area contributed by atoms with E-state index < -0.39 is 11.6 Å². The van der Waals surface area contributed by atoms with Crippen molar-refractivity contribution >= 4 is 22.8 Å². The number of aromatic nitrogens is 2. The van der Waals surface area contributed by atoms with Crippen molar-refractivity contribution in [3.05, 3.63) is 54.0 Å². The van der Waals surface area contributed by atoms with E-state index in [0.29, 0.717) is 33.8 Å². The van der Waals surface area contributed by atoms with E-state index in [1.165, 1.54) is 19.4 Å². The molecule has 4 rings (SSSR count). The molecule has 3 heterocycles. The zero-order valence-electron chi connectivity index (χ0n) is 17.5. The van der Waals surface area contributed by atoms with Gasteiger partial charge in [-0.3, -0.25) is 0 Å². The monoisotopic (exact) mass is 425 g/mol. The van der Waals surface area contributed by atoms with Gasteiger partial charge in [-0.05, 0) is 45.1 Å². The summed E-state index contributed by atoms with van der Waals surface area (Å²) in [6, 6.07) is 4.27. The molecule has 0 amide bonds. The molecule has 1 aromatic carbocycles. The number of aromatic amines is 1. The summed E-state index contributed by atoms with van der Waals surface area (Å²) in [4.78, 5) is 9.78. The van der Waals surface area contributed by atoms with Gasteiger partial charge in [-0.1, -0.05) is 0 Å². The molecule has 0 spiro atoms. The molecule has 0 radical (unpaired) electrons. The molecule has 0 unspecified atom stereocenters. The second-order valence-electron chi connectivity index (χ2n) is 7.78. The third-order valence-corrected chi connectivity index (χ3v) is 5.72. The number of pyridine rings is 1. The van der Waals surface area contributed by atoms with Crippen molar-refractivity contribution < 1.29 is 13.5 Å². The van der Waals surface area contributed by atoms with Gasteiger partial charge in [0.25, 0.3) is 0 Å². The number of halogens is 2. The number of likely N-dealkylation sites (tertiary alicyclic amines) is 1. The minimum atomic E-state index is -0.765. The van der Waals surface area contributed by atoms with E-state index in [2.05, 4.69) is 27.2 Å². The van der Waals surface area contributed by atoms with Crippen LogP contribution in [-0.4, -0.2) is 54.4 Å². The number of methoxy groups -OCH3 is 1. The van der Waals surface area contributed by atoms with Gasteiger partial charge in [0.1, 0.15) is 11.5 Å². The summed E-state index contributed by atoms with van der Waals surface area (Å²) in [5, 5.41) is 12.0. The van der Waals surface area contributed by atoms with Crippen LogP contribution in [0.1, 0.15) is 18.4 Å². The molecule has 0 saturated carbocycles. The highest BCUT2D eigenvalue weighted by atomic mass is 19.1. The fourth-order valence-corrected chi connectivity index (χ4v) is 3.94. The summed E-state index contributed by atoms with van der Waals surface area (Å²) in [7, 11) is 3.47. The lowest BCUT2D eigenvalue weighted by Crippen LogP contribution is -2.38. The highest BCUT2D eigenvalue weighted by Gasteiger charge is 2.18. The number of allylic oxidation sites excluding steroid dienone is 1. The molecule has 8 heteroatoms. The maximum absolute atomic E-state index is 14.2. The molecule has 0 atom stereocenters. The van der Waals surface area contributed by atoms with Gasteiger partial charge in [-0.25, -0.2) is 13.8 Å². The average Bonchev–Trinajstić information content (AvgIpc) is 3.18. The molecule has 3 aromatic rings. The van der Waals surface area contributed by atoms with Crippen molar-refractivity contribution in [2.24, 2.45) is 0 Å². The predicted octanol–water partition coefficient (Wildman–Crippen LogP) is 4.19. The van der Waals surface area contributed by atoms with Crippen LogP contribution in [0.3, 0.4) is 0 Å². The molecule has 0 aliphatic carbocycles. The van der Waals surface area contributed by atoms with Gasteiger partial charge in [0.2, 0.25) is 0 Å². The van der Waals surface area contributed by atoms with Crippen LogP contribution in [0.15, 0.2) is 36.8 Å². The molecule has 1 aliphatic heterocycles. The summed E-state index contributed by atoms with van der Waals surface area (Å²) in [6.45, 7) is 2.08. The number of benzene rings is 1. The Morgan fingerprint density at radius 1 is 1.26 bits per heavy atom. The number of rotatable bonds is 6. The molecule has 1 saturated heterocycles. The minimum Gasteiger partial charge on any atom is -0.493 e. The Kier molecular flexibility index (Phi) is 5.99. The lowest BCUT2D eigenvalue weighted by Gasteiger charge is -2.29. The first kappa shape index (κ1) is 21.0. The van der Waals surface area contributed by atoms with Crippen LogP contribution < -0.4 is 10.1 Å². The zero-order valence-corrected chi connectivity index (χ0v) is 17.5. The second-order valence-corrected chi connectivity index (χ2v) is 7.78. The number of hydrogen-bond donors (Lipinski definition) is 3. The maximum Gasteiger partial charge on any atom is 0.168 e. The average molecular weight is 425 g/mol. The molecule has 2 aromatic heterocycles. The van der Waals surface area contributed by atoms with Gasteiger partial charge in [0, 0.05) is 64.6 Å². The third-order valence-electron chi connectivity index (χ3n) is 5.72. The molecule has 6 nitrogen and oxygen atoms in total. The summed E-state index contributed by atoms with van der Waals surface area (Å²) < 4.78 is 33.3. The number of piperidine rings is 1. The van der Waals surface area contributed by atoms with Crippen molar-refractivity contribution in [2.75, 3.05) is 27.2 Å².